The number of aliphatic hydroxyl groups excluding tert-OH is 6. The lowest BCUT2D eigenvalue weighted by Gasteiger charge is -2.67. The van der Waals surface area contributed by atoms with Gasteiger partial charge in [-0.2, -0.15) is 0 Å². The molecule has 28 nitrogen and oxygen atoms in total. The Balaban J connectivity index is 0.705. The van der Waals surface area contributed by atoms with Crippen LogP contribution in [-0.4, -0.2) is 289 Å². The van der Waals surface area contributed by atoms with Gasteiger partial charge in [0.1, 0.15) is 90.1 Å². The van der Waals surface area contributed by atoms with Crippen molar-refractivity contribution in [2.75, 3.05) is 42.2 Å². The maximum absolute atomic E-state index is 13.5. The first-order chi connectivity index (χ1) is 44.9. The lowest BCUT2D eigenvalue weighted by atomic mass is 9.42. The SMILES string of the molecule is CC=C(C)C(=O)OC1CC2C3(C)CCC(OC4CC(OC)C(OC5CC(OC)C(OC6CC(OC)C(OC7OC(C)C(OC8CC(OC)C(OC9OC(CO)C(O)C(O)C9O)C(C)O8)C(OC)C7O)C(C)O6)C(C)O5)C(C)O4)CC3=CCC2(O)C2(O)CCC(O)(C(C)O)C12C. The van der Waals surface area contributed by atoms with Crippen molar-refractivity contribution in [3.05, 3.63) is 23.3 Å². The van der Waals surface area contributed by atoms with Crippen LogP contribution < -0.4 is 0 Å². The van der Waals surface area contributed by atoms with Gasteiger partial charge in [-0.25, -0.2) is 4.79 Å². The Morgan fingerprint density at radius 3 is 1.52 bits per heavy atom. The minimum absolute atomic E-state index is 0.00609. The molecule has 28 heteroatoms. The van der Waals surface area contributed by atoms with E-state index in [2.05, 4.69) is 6.92 Å². The van der Waals surface area contributed by atoms with Gasteiger partial charge in [0.05, 0.1) is 79.2 Å². The van der Waals surface area contributed by atoms with E-state index in [1.165, 1.54) is 21.1 Å². The molecule has 10 rings (SSSR count). The van der Waals surface area contributed by atoms with Gasteiger partial charge in [-0.1, -0.05) is 31.6 Å². The Labute approximate surface area is 557 Å². The van der Waals surface area contributed by atoms with Gasteiger partial charge in [-0.05, 0) is 106 Å². The van der Waals surface area contributed by atoms with Crippen LogP contribution in [0.2, 0.25) is 0 Å². The number of carbonyl (C=O) groups is 1. The third-order valence-corrected chi connectivity index (χ3v) is 23.7. The number of esters is 1. The molecule has 0 aromatic heterocycles. The Bertz CT molecular complexity index is 2620. The minimum atomic E-state index is -1.91. The number of fused-ring (bicyclic) bond motifs is 5. The molecule has 95 heavy (non-hydrogen) atoms. The summed E-state index contributed by atoms with van der Waals surface area (Å²) < 4.78 is 113. The Morgan fingerprint density at radius 1 is 0.589 bits per heavy atom. The summed E-state index contributed by atoms with van der Waals surface area (Å²) in [7, 11) is 7.71. The van der Waals surface area contributed by atoms with Crippen LogP contribution in [0.3, 0.4) is 0 Å². The molecule has 0 aromatic carbocycles. The fourth-order valence-electron chi connectivity index (χ4n) is 17.8. The molecule has 0 spiro atoms. The van der Waals surface area contributed by atoms with Crippen LogP contribution in [0.4, 0.5) is 0 Å². The number of methoxy groups -OCH3 is 5. The fraction of sp³-hybridized carbons (Fsp3) is 0.925. The molecule has 4 aliphatic carbocycles. The Morgan fingerprint density at radius 2 is 1.05 bits per heavy atom. The molecule has 9 N–H and O–H groups in total. The minimum Gasteiger partial charge on any atom is -0.458 e. The number of carbonyl (C=O) groups excluding carboxylic acids is 1. The lowest BCUT2D eigenvalue weighted by molar-refractivity contribution is -0.372. The van der Waals surface area contributed by atoms with Crippen LogP contribution >= 0.6 is 0 Å². The summed E-state index contributed by atoms with van der Waals surface area (Å²) in [5.74, 6) is -1.14. The van der Waals surface area contributed by atoms with Gasteiger partial charge in [-0.3, -0.25) is 0 Å². The second-order valence-corrected chi connectivity index (χ2v) is 28.8. The van der Waals surface area contributed by atoms with Crippen molar-refractivity contribution >= 4 is 5.97 Å². The highest BCUT2D eigenvalue weighted by Gasteiger charge is 2.81. The summed E-state index contributed by atoms with van der Waals surface area (Å²) in [6.45, 7) is 17.1. The van der Waals surface area contributed by atoms with Crippen LogP contribution in [0.5, 0.6) is 0 Å². The summed E-state index contributed by atoms with van der Waals surface area (Å²) in [6.07, 6.45) is -18.7. The average Bonchev–Trinajstić information content (AvgIpc) is 1.59. The summed E-state index contributed by atoms with van der Waals surface area (Å²) in [5.41, 5.74) is -6.25. The van der Waals surface area contributed by atoms with E-state index in [0.29, 0.717) is 37.7 Å². The molecule has 0 radical (unpaired) electrons. The number of rotatable bonds is 21. The van der Waals surface area contributed by atoms with Crippen LogP contribution in [-0.2, 0) is 90.1 Å². The average molecular weight is 1360 g/mol. The normalized spacial score (nSPS) is 51.6. The zero-order chi connectivity index (χ0) is 69.2. The molecule has 6 aliphatic heterocycles. The fourth-order valence-corrected chi connectivity index (χ4v) is 17.8. The van der Waals surface area contributed by atoms with Crippen LogP contribution in [0.1, 0.15) is 140 Å². The highest BCUT2D eigenvalue weighted by molar-refractivity contribution is 5.87. The molecule has 546 valence electrons. The number of hydrogen-bond acceptors (Lipinski definition) is 28. The molecule has 35 atom stereocenters. The summed E-state index contributed by atoms with van der Waals surface area (Å²) in [6, 6.07) is 0. The van der Waals surface area contributed by atoms with Gasteiger partial charge in [0, 0.05) is 72.7 Å². The van der Waals surface area contributed by atoms with E-state index >= 15 is 0 Å². The smallest absolute Gasteiger partial charge is 0.333 e. The van der Waals surface area contributed by atoms with Crippen molar-refractivity contribution in [1.82, 2.24) is 0 Å². The van der Waals surface area contributed by atoms with Crippen molar-refractivity contribution in [1.29, 1.82) is 0 Å². The van der Waals surface area contributed by atoms with Crippen molar-refractivity contribution in [3.63, 3.8) is 0 Å². The quantitative estimate of drug-likeness (QED) is 0.0448. The van der Waals surface area contributed by atoms with Crippen molar-refractivity contribution < 1.29 is 136 Å². The van der Waals surface area contributed by atoms with Crippen molar-refractivity contribution in [2.45, 2.75) is 335 Å². The zero-order valence-electron chi connectivity index (χ0n) is 57.7. The molecule has 0 amide bonds. The van der Waals surface area contributed by atoms with Crippen molar-refractivity contribution in [2.24, 2.45) is 16.7 Å². The number of hydrogen-bond donors (Lipinski definition) is 9. The Kier molecular flexibility index (Phi) is 23.9. The van der Waals surface area contributed by atoms with Crippen LogP contribution in [0.15, 0.2) is 23.3 Å². The molecular weight excluding hydrogens is 1250 g/mol. The summed E-state index contributed by atoms with van der Waals surface area (Å²) in [5, 5.41) is 102. The highest BCUT2D eigenvalue weighted by atomic mass is 16.8. The van der Waals surface area contributed by atoms with Gasteiger partial charge in [0.15, 0.2) is 37.7 Å². The standard InChI is InChI=1S/C67H110O28/c1-16-30(2)60(74)90-45-28-44-63(9)19-18-38(23-37(63)17-20-66(44,76)67(77)22-21-65(75,36(8)69)64(45,67)10)88-46-24-39(78-11)54(31(3)83-46)91-47-25-40(79-12)55(32(4)84-47)92-48-26-41(80-13)57(34(6)85-48)95-62-53(73)59(82-15)58(35(7)87-62)93-49-27-42(81-14)56(33(5)86-49)94-61-52(72)51(71)50(70)43(29-68)89-61/h16-17,31-36,38-59,61-62,68-73,75-77H,18-29H2,1-15H3. The van der Waals surface area contributed by atoms with Gasteiger partial charge >= 0.3 is 5.97 Å². The van der Waals surface area contributed by atoms with Gasteiger partial charge in [-0.15, -0.1) is 0 Å². The molecule has 10 aliphatic rings. The van der Waals surface area contributed by atoms with Crippen molar-refractivity contribution in [3.8, 4) is 0 Å². The molecule has 6 heterocycles. The van der Waals surface area contributed by atoms with Crippen LogP contribution in [0, 0.1) is 16.7 Å². The second-order valence-electron chi connectivity index (χ2n) is 28.8. The third-order valence-electron chi connectivity index (χ3n) is 23.7. The van der Waals surface area contributed by atoms with Crippen LogP contribution in [0.25, 0.3) is 0 Å². The first-order valence-corrected chi connectivity index (χ1v) is 34.1. The monoisotopic (exact) mass is 1360 g/mol. The van der Waals surface area contributed by atoms with E-state index < -0.39 is 218 Å². The zero-order valence-corrected chi connectivity index (χ0v) is 57.7. The predicted octanol–water partition coefficient (Wildman–Crippen LogP) is 1.61. The maximum Gasteiger partial charge on any atom is 0.333 e. The van der Waals surface area contributed by atoms with E-state index in [1.807, 2.05) is 26.8 Å². The molecule has 3 saturated carbocycles. The predicted molar refractivity (Wildman–Crippen MR) is 329 cm³/mol. The van der Waals surface area contributed by atoms with Gasteiger partial charge in [0.25, 0.3) is 0 Å². The number of aliphatic hydroxyl groups is 9. The third kappa shape index (κ3) is 13.8. The molecular formula is C67H110O28. The summed E-state index contributed by atoms with van der Waals surface area (Å²) in [4.78, 5) is 13.5. The lowest BCUT2D eigenvalue weighted by Crippen LogP contribution is -2.78. The van der Waals surface area contributed by atoms with E-state index in [-0.39, 0.29) is 44.6 Å². The van der Waals surface area contributed by atoms with E-state index in [9.17, 15) is 50.8 Å². The molecule has 0 bridgehead atoms. The van der Waals surface area contributed by atoms with E-state index in [1.54, 1.807) is 62.0 Å². The highest BCUT2D eigenvalue weighted by Crippen LogP contribution is 2.71. The largest absolute Gasteiger partial charge is 0.458 e. The van der Waals surface area contributed by atoms with E-state index in [0.717, 1.165) is 5.57 Å². The number of ether oxygens (including phenoxy) is 18. The van der Waals surface area contributed by atoms with E-state index in [4.69, 9.17) is 85.3 Å². The number of allylic oxidation sites excluding steroid dienone is 1. The second kappa shape index (κ2) is 30.1. The summed E-state index contributed by atoms with van der Waals surface area (Å²) >= 11 is 0. The topological polar surface area (TPSA) is 365 Å². The van der Waals surface area contributed by atoms with Gasteiger partial charge in [0.2, 0.25) is 0 Å². The van der Waals surface area contributed by atoms with Gasteiger partial charge < -0.3 is 131 Å². The maximum atomic E-state index is 13.5. The molecule has 6 saturated heterocycles. The first-order valence-electron chi connectivity index (χ1n) is 34.1. The first kappa shape index (κ1) is 75.6. The molecule has 0 aromatic rings. The molecule has 35 unspecified atom stereocenters. The molecule has 9 fully saturated rings. The Hall–Kier alpha value is -2.09.